The molecule has 1 aromatic heterocycles. The molecule has 2 N–H and O–H groups in total. The molecule has 0 spiro atoms. The second-order valence-electron chi connectivity index (χ2n) is 9.30. The number of thiophene rings is 1. The molecule has 4 rings (SSSR count). The Morgan fingerprint density at radius 1 is 1.23 bits per heavy atom. The summed E-state index contributed by atoms with van der Waals surface area (Å²) < 4.78 is 0. The van der Waals surface area contributed by atoms with E-state index in [-0.39, 0.29) is 17.9 Å². The lowest BCUT2D eigenvalue weighted by atomic mass is 9.89. The van der Waals surface area contributed by atoms with Gasteiger partial charge in [0, 0.05) is 50.1 Å². The largest absolute Gasteiger partial charge is 0.352 e. The van der Waals surface area contributed by atoms with Crippen LogP contribution in [-0.4, -0.2) is 66.4 Å². The maximum absolute atomic E-state index is 12.6. The lowest BCUT2D eigenvalue weighted by molar-refractivity contribution is -0.126. The second-order valence-corrected chi connectivity index (χ2v) is 10.4. The van der Waals surface area contributed by atoms with Gasteiger partial charge in [-0.1, -0.05) is 6.92 Å². The van der Waals surface area contributed by atoms with Crippen LogP contribution < -0.4 is 10.6 Å². The lowest BCUT2D eigenvalue weighted by Gasteiger charge is -2.37. The van der Waals surface area contributed by atoms with Crippen LogP contribution in [0.5, 0.6) is 0 Å². The monoisotopic (exact) mass is 443 g/mol. The van der Waals surface area contributed by atoms with Gasteiger partial charge in [-0.25, -0.2) is 0 Å². The van der Waals surface area contributed by atoms with Crippen molar-refractivity contribution in [2.45, 2.75) is 64.5 Å². The molecule has 1 saturated heterocycles. The van der Waals surface area contributed by atoms with Crippen molar-refractivity contribution in [1.29, 1.82) is 5.26 Å². The average Bonchev–Trinajstić information content (AvgIpc) is 3.51. The van der Waals surface area contributed by atoms with Crippen LogP contribution in [0, 0.1) is 17.2 Å². The van der Waals surface area contributed by atoms with Crippen LogP contribution in [0.3, 0.4) is 0 Å². The molecule has 2 amide bonds. The topological polar surface area (TPSA) is 88.5 Å². The van der Waals surface area contributed by atoms with Crippen molar-refractivity contribution < 1.29 is 9.59 Å². The van der Waals surface area contributed by atoms with E-state index in [9.17, 15) is 14.9 Å². The van der Waals surface area contributed by atoms with Gasteiger partial charge in [0.05, 0.1) is 11.6 Å². The average molecular weight is 444 g/mol. The Morgan fingerprint density at radius 3 is 2.65 bits per heavy atom. The Morgan fingerprint density at radius 2 is 1.97 bits per heavy atom. The number of nitrogens with one attached hydrogen (secondary N) is 2. The highest BCUT2D eigenvalue weighted by molar-refractivity contribution is 7.16. The van der Waals surface area contributed by atoms with Gasteiger partial charge in [-0.15, -0.1) is 11.3 Å². The van der Waals surface area contributed by atoms with Crippen molar-refractivity contribution in [2.75, 3.05) is 38.0 Å². The number of carbonyl (C=O) groups excluding carboxylic acids is 2. The molecule has 0 bridgehead atoms. The molecular formula is C23H33N5O2S. The van der Waals surface area contributed by atoms with Gasteiger partial charge in [-0.2, -0.15) is 5.26 Å². The van der Waals surface area contributed by atoms with Crippen molar-refractivity contribution in [2.24, 2.45) is 5.92 Å². The van der Waals surface area contributed by atoms with Gasteiger partial charge in [0.2, 0.25) is 11.8 Å². The third-order valence-electron chi connectivity index (χ3n) is 6.79. The van der Waals surface area contributed by atoms with Gasteiger partial charge in [0.25, 0.3) is 0 Å². The third kappa shape index (κ3) is 5.46. The van der Waals surface area contributed by atoms with E-state index in [1.165, 1.54) is 4.88 Å². The number of carbonyl (C=O) groups is 2. The summed E-state index contributed by atoms with van der Waals surface area (Å²) in [6, 6.07) is 2.62. The van der Waals surface area contributed by atoms with E-state index < -0.39 is 0 Å². The molecule has 0 radical (unpaired) electrons. The summed E-state index contributed by atoms with van der Waals surface area (Å²) in [7, 11) is 0. The van der Waals surface area contributed by atoms with E-state index in [4.69, 9.17) is 0 Å². The second kappa shape index (κ2) is 9.68. The zero-order valence-electron chi connectivity index (χ0n) is 18.6. The maximum Gasteiger partial charge on any atom is 0.237 e. The van der Waals surface area contributed by atoms with Crippen molar-refractivity contribution >= 4 is 28.2 Å². The highest BCUT2D eigenvalue weighted by Gasteiger charge is 2.30. The number of nitrogens with zero attached hydrogens (tertiary/aromatic N) is 3. The van der Waals surface area contributed by atoms with Gasteiger partial charge in [-0.3, -0.25) is 14.5 Å². The summed E-state index contributed by atoms with van der Waals surface area (Å²) in [5.41, 5.74) is 1.82. The number of rotatable bonds is 7. The molecule has 2 heterocycles. The summed E-state index contributed by atoms with van der Waals surface area (Å²) in [6.45, 7) is 8.34. The van der Waals surface area contributed by atoms with E-state index >= 15 is 0 Å². The summed E-state index contributed by atoms with van der Waals surface area (Å²) in [6.07, 6.45) is 5.69. The lowest BCUT2D eigenvalue weighted by Crippen LogP contribution is -2.54. The van der Waals surface area contributed by atoms with Crippen LogP contribution >= 0.6 is 11.3 Å². The maximum atomic E-state index is 12.6. The summed E-state index contributed by atoms with van der Waals surface area (Å²) >= 11 is 1.58. The van der Waals surface area contributed by atoms with Crippen LogP contribution in [0.1, 0.15) is 55.5 Å². The molecule has 2 fully saturated rings. The number of amides is 2. The van der Waals surface area contributed by atoms with Crippen LogP contribution in [0.2, 0.25) is 0 Å². The smallest absolute Gasteiger partial charge is 0.237 e. The number of hydrogen-bond acceptors (Lipinski definition) is 6. The zero-order valence-corrected chi connectivity index (χ0v) is 19.4. The van der Waals surface area contributed by atoms with Crippen molar-refractivity contribution in [1.82, 2.24) is 15.1 Å². The molecular weight excluding hydrogens is 410 g/mol. The van der Waals surface area contributed by atoms with Gasteiger partial charge in [0.1, 0.15) is 11.1 Å². The van der Waals surface area contributed by atoms with Crippen LogP contribution in [-0.2, 0) is 22.4 Å². The third-order valence-corrected chi connectivity index (χ3v) is 7.96. The molecule has 1 aliphatic heterocycles. The Balaban J connectivity index is 1.22. The molecule has 168 valence electrons. The van der Waals surface area contributed by atoms with E-state index in [1.807, 2.05) is 6.92 Å². The van der Waals surface area contributed by atoms with Crippen molar-refractivity contribution in [3.05, 3.63) is 16.0 Å². The highest BCUT2D eigenvalue weighted by atomic mass is 32.1. The molecule has 2 aliphatic carbocycles. The Hall–Kier alpha value is -1.95. The summed E-state index contributed by atoms with van der Waals surface area (Å²) in [4.78, 5) is 30.6. The van der Waals surface area contributed by atoms with Crippen molar-refractivity contribution in [3.63, 3.8) is 0 Å². The molecule has 8 heteroatoms. The predicted octanol–water partition coefficient (Wildman–Crippen LogP) is 2.36. The van der Waals surface area contributed by atoms with E-state index in [0.29, 0.717) is 30.5 Å². The molecule has 2 atom stereocenters. The van der Waals surface area contributed by atoms with Crippen LogP contribution in [0.15, 0.2) is 0 Å². The fourth-order valence-corrected chi connectivity index (χ4v) is 5.87. The van der Waals surface area contributed by atoms with Gasteiger partial charge in [-0.05, 0) is 50.5 Å². The fraction of sp³-hybridized carbons (Fsp3) is 0.696. The first-order valence-electron chi connectivity index (χ1n) is 11.6. The molecule has 0 aromatic carbocycles. The molecule has 1 saturated carbocycles. The molecule has 7 nitrogen and oxygen atoms in total. The highest BCUT2D eigenvalue weighted by Crippen LogP contribution is 2.39. The summed E-state index contributed by atoms with van der Waals surface area (Å²) in [5, 5.41) is 16.4. The molecule has 3 aliphatic rings. The zero-order chi connectivity index (χ0) is 22.0. The minimum Gasteiger partial charge on any atom is -0.352 e. The predicted molar refractivity (Wildman–Crippen MR) is 122 cm³/mol. The van der Waals surface area contributed by atoms with Crippen LogP contribution in [0.25, 0.3) is 0 Å². The quantitative estimate of drug-likeness (QED) is 0.675. The SMILES string of the molecule is CC1CCc2c(sc(NC(=O)CCN3CCN(C(C)C(=O)NC4CC4)CC3)c2C#N)C1. The van der Waals surface area contributed by atoms with E-state index in [1.54, 1.807) is 11.3 Å². The Labute approximate surface area is 188 Å². The van der Waals surface area contributed by atoms with Crippen LogP contribution in [0.4, 0.5) is 5.00 Å². The van der Waals surface area contributed by atoms with Gasteiger partial charge >= 0.3 is 0 Å². The van der Waals surface area contributed by atoms with Crippen molar-refractivity contribution in [3.8, 4) is 6.07 Å². The van der Waals surface area contributed by atoms with Gasteiger partial charge < -0.3 is 15.5 Å². The number of piperazine rings is 1. The first-order chi connectivity index (χ1) is 14.9. The molecule has 31 heavy (non-hydrogen) atoms. The normalized spacial score (nSPS) is 22.9. The van der Waals surface area contributed by atoms with E-state index in [0.717, 1.165) is 68.8 Å². The minimum absolute atomic E-state index is 0.0252. The number of fused-ring (bicyclic) bond motifs is 1. The number of hydrogen-bond donors (Lipinski definition) is 2. The Kier molecular flexibility index (Phi) is 6.95. The van der Waals surface area contributed by atoms with E-state index in [2.05, 4.69) is 33.4 Å². The molecule has 2 unspecified atom stereocenters. The number of anilines is 1. The Bertz CT molecular complexity index is 864. The fourth-order valence-electron chi connectivity index (χ4n) is 4.50. The summed E-state index contributed by atoms with van der Waals surface area (Å²) in [5.74, 6) is 0.752. The first kappa shape index (κ1) is 22.3. The minimum atomic E-state index is -0.0944. The van der Waals surface area contributed by atoms with Gasteiger partial charge in [0.15, 0.2) is 0 Å². The number of nitriles is 1. The molecule has 1 aromatic rings. The first-order valence-corrected chi connectivity index (χ1v) is 12.4. The standard InChI is InChI=1S/C23H33N5O2S/c1-15-3-6-18-19(14-24)23(31-20(18)13-15)26-21(29)7-8-27-9-11-28(12-10-27)16(2)22(30)25-17-4-5-17/h15-17H,3-13H2,1-2H3,(H,25,30)(H,26,29).